The van der Waals surface area contributed by atoms with Crippen LogP contribution in [0.2, 0.25) is 0 Å². The van der Waals surface area contributed by atoms with Gasteiger partial charge in [0.05, 0.1) is 13.2 Å². The Morgan fingerprint density at radius 3 is 2.29 bits per heavy atom. The molecule has 0 amide bonds. The summed E-state index contributed by atoms with van der Waals surface area (Å²) in [6, 6.07) is 0. The molecule has 0 unspecified atom stereocenters. The molecule has 1 aliphatic heterocycles. The van der Waals surface area contributed by atoms with Crippen LogP contribution in [0, 0.1) is 0 Å². The first kappa shape index (κ1) is 14.5. The summed E-state index contributed by atoms with van der Waals surface area (Å²) < 4.78 is 11.1. The Bertz CT molecular complexity index is 279. The maximum Gasteiger partial charge on any atom is 0.166 e. The Kier molecular flexibility index (Phi) is 5.93. The molecule has 0 aromatic heterocycles. The Balaban J connectivity index is 2.21. The van der Waals surface area contributed by atoms with Gasteiger partial charge in [-0.05, 0) is 47.0 Å². The molecular formula is C15H26O2. The monoisotopic (exact) mass is 238 g/mol. The van der Waals surface area contributed by atoms with Gasteiger partial charge >= 0.3 is 0 Å². The quantitative estimate of drug-likeness (QED) is 0.645. The lowest BCUT2D eigenvalue weighted by atomic mass is 10.1. The number of hydrogen-bond donors (Lipinski definition) is 0. The van der Waals surface area contributed by atoms with E-state index in [0.717, 1.165) is 38.9 Å². The van der Waals surface area contributed by atoms with Crippen molar-refractivity contribution in [3.8, 4) is 0 Å². The van der Waals surface area contributed by atoms with Crippen LogP contribution >= 0.6 is 0 Å². The molecule has 0 atom stereocenters. The summed E-state index contributed by atoms with van der Waals surface area (Å²) in [6.45, 7) is 10.0. The summed E-state index contributed by atoms with van der Waals surface area (Å²) in [4.78, 5) is 0. The van der Waals surface area contributed by atoms with Gasteiger partial charge in [0.1, 0.15) is 0 Å². The molecule has 0 spiro atoms. The fraction of sp³-hybridized carbons (Fsp3) is 0.733. The lowest BCUT2D eigenvalue weighted by molar-refractivity contribution is -0.145. The van der Waals surface area contributed by atoms with Crippen LogP contribution < -0.4 is 0 Å². The van der Waals surface area contributed by atoms with Gasteiger partial charge in [0.2, 0.25) is 0 Å². The van der Waals surface area contributed by atoms with Crippen molar-refractivity contribution in [2.75, 3.05) is 13.2 Å². The smallest absolute Gasteiger partial charge is 0.166 e. The topological polar surface area (TPSA) is 18.5 Å². The molecule has 0 saturated carbocycles. The summed E-state index contributed by atoms with van der Waals surface area (Å²) in [6.07, 6.45) is 8.90. The van der Waals surface area contributed by atoms with Crippen LogP contribution in [0.15, 0.2) is 23.3 Å². The van der Waals surface area contributed by atoms with Crippen molar-refractivity contribution < 1.29 is 9.47 Å². The minimum atomic E-state index is -0.337. The van der Waals surface area contributed by atoms with Crippen molar-refractivity contribution in [3.05, 3.63) is 23.3 Å². The van der Waals surface area contributed by atoms with E-state index in [9.17, 15) is 0 Å². The van der Waals surface area contributed by atoms with Crippen LogP contribution in [0.1, 0.15) is 53.4 Å². The average Bonchev–Trinajstić information content (AvgIpc) is 2.65. The van der Waals surface area contributed by atoms with E-state index in [1.807, 2.05) is 6.92 Å². The SMILES string of the molecule is CC(C)=CCC/C(C)=C\CCC1(C)OCCO1. The molecule has 2 nitrogen and oxygen atoms in total. The highest BCUT2D eigenvalue weighted by Crippen LogP contribution is 2.24. The summed E-state index contributed by atoms with van der Waals surface area (Å²) >= 11 is 0. The number of rotatable bonds is 6. The van der Waals surface area contributed by atoms with Gasteiger partial charge in [0.15, 0.2) is 5.79 Å². The second-order valence-electron chi connectivity index (χ2n) is 5.24. The largest absolute Gasteiger partial charge is 0.348 e. The maximum atomic E-state index is 5.57. The highest BCUT2D eigenvalue weighted by molar-refractivity contribution is 5.02. The molecule has 1 fully saturated rings. The lowest BCUT2D eigenvalue weighted by Gasteiger charge is -2.21. The zero-order chi connectivity index (χ0) is 12.7. The summed E-state index contributed by atoms with van der Waals surface area (Å²) in [5.74, 6) is -0.337. The normalized spacial score (nSPS) is 19.4. The second-order valence-corrected chi connectivity index (χ2v) is 5.24. The van der Waals surface area contributed by atoms with E-state index in [1.165, 1.54) is 11.1 Å². The molecule has 0 bridgehead atoms. The molecule has 98 valence electrons. The molecule has 1 heterocycles. The van der Waals surface area contributed by atoms with E-state index < -0.39 is 0 Å². The summed E-state index contributed by atoms with van der Waals surface area (Å²) in [7, 11) is 0. The molecule has 1 aliphatic rings. The molecule has 0 aromatic rings. The zero-order valence-electron chi connectivity index (χ0n) is 11.7. The van der Waals surface area contributed by atoms with Gasteiger partial charge in [-0.15, -0.1) is 0 Å². The first-order valence-electron chi connectivity index (χ1n) is 6.59. The van der Waals surface area contributed by atoms with Gasteiger partial charge in [-0.2, -0.15) is 0 Å². The Morgan fingerprint density at radius 2 is 1.71 bits per heavy atom. The Hall–Kier alpha value is -0.600. The standard InChI is InChI=1S/C15H26O2/c1-13(2)7-5-8-14(3)9-6-10-15(4)16-11-12-17-15/h7,9H,5-6,8,10-12H2,1-4H3/b14-9-. The second kappa shape index (κ2) is 6.97. The van der Waals surface area contributed by atoms with Crippen molar-refractivity contribution in [2.24, 2.45) is 0 Å². The molecule has 0 aromatic carbocycles. The summed E-state index contributed by atoms with van der Waals surface area (Å²) in [5.41, 5.74) is 2.86. The molecule has 0 N–H and O–H groups in total. The van der Waals surface area contributed by atoms with Crippen molar-refractivity contribution in [3.63, 3.8) is 0 Å². The third-order valence-electron chi connectivity index (χ3n) is 3.08. The van der Waals surface area contributed by atoms with Crippen LogP contribution in [-0.2, 0) is 9.47 Å². The van der Waals surface area contributed by atoms with E-state index in [2.05, 4.69) is 32.9 Å². The number of ether oxygens (including phenoxy) is 2. The first-order chi connectivity index (χ1) is 8.02. The molecule has 1 rings (SSSR count). The minimum absolute atomic E-state index is 0.337. The fourth-order valence-electron chi connectivity index (χ4n) is 1.97. The van der Waals surface area contributed by atoms with Crippen molar-refractivity contribution in [2.45, 2.75) is 59.2 Å². The molecule has 1 saturated heterocycles. The van der Waals surface area contributed by atoms with Crippen molar-refractivity contribution in [1.82, 2.24) is 0 Å². The molecule has 17 heavy (non-hydrogen) atoms. The Labute approximate surface area is 106 Å². The molecule has 2 heteroatoms. The van der Waals surface area contributed by atoms with Crippen LogP contribution in [0.4, 0.5) is 0 Å². The van der Waals surface area contributed by atoms with Crippen LogP contribution in [0.3, 0.4) is 0 Å². The van der Waals surface area contributed by atoms with Gasteiger partial charge in [-0.25, -0.2) is 0 Å². The molecule has 0 aliphatic carbocycles. The van der Waals surface area contributed by atoms with Gasteiger partial charge in [0, 0.05) is 6.42 Å². The van der Waals surface area contributed by atoms with E-state index in [4.69, 9.17) is 9.47 Å². The number of allylic oxidation sites excluding steroid dienone is 4. The summed E-state index contributed by atoms with van der Waals surface area (Å²) in [5, 5.41) is 0. The van der Waals surface area contributed by atoms with E-state index in [0.29, 0.717) is 0 Å². The molecular weight excluding hydrogens is 212 g/mol. The predicted octanol–water partition coefficient (Wildman–Crippen LogP) is 4.22. The van der Waals surface area contributed by atoms with Crippen LogP contribution in [-0.4, -0.2) is 19.0 Å². The van der Waals surface area contributed by atoms with Gasteiger partial charge in [0.25, 0.3) is 0 Å². The van der Waals surface area contributed by atoms with Crippen LogP contribution in [0.25, 0.3) is 0 Å². The van der Waals surface area contributed by atoms with Gasteiger partial charge in [-0.3, -0.25) is 0 Å². The lowest BCUT2D eigenvalue weighted by Crippen LogP contribution is -2.24. The third kappa shape index (κ3) is 6.04. The highest BCUT2D eigenvalue weighted by Gasteiger charge is 2.29. The van der Waals surface area contributed by atoms with E-state index in [1.54, 1.807) is 0 Å². The third-order valence-corrected chi connectivity index (χ3v) is 3.08. The van der Waals surface area contributed by atoms with E-state index in [-0.39, 0.29) is 5.79 Å². The highest BCUT2D eigenvalue weighted by atomic mass is 16.7. The Morgan fingerprint density at radius 1 is 1.06 bits per heavy atom. The fourth-order valence-corrected chi connectivity index (χ4v) is 1.97. The van der Waals surface area contributed by atoms with Crippen molar-refractivity contribution in [1.29, 1.82) is 0 Å². The van der Waals surface area contributed by atoms with Crippen molar-refractivity contribution >= 4 is 0 Å². The zero-order valence-corrected chi connectivity index (χ0v) is 11.7. The average molecular weight is 238 g/mol. The maximum absolute atomic E-state index is 5.57. The number of hydrogen-bond acceptors (Lipinski definition) is 2. The molecule has 0 radical (unpaired) electrons. The van der Waals surface area contributed by atoms with Gasteiger partial charge < -0.3 is 9.47 Å². The van der Waals surface area contributed by atoms with Crippen LogP contribution in [0.5, 0.6) is 0 Å². The predicted molar refractivity (Wildman–Crippen MR) is 72.0 cm³/mol. The van der Waals surface area contributed by atoms with Gasteiger partial charge in [-0.1, -0.05) is 23.3 Å². The first-order valence-corrected chi connectivity index (χ1v) is 6.59. The van der Waals surface area contributed by atoms with E-state index >= 15 is 0 Å². The minimum Gasteiger partial charge on any atom is -0.348 e.